The Morgan fingerprint density at radius 2 is 1.93 bits per heavy atom. The molecule has 0 radical (unpaired) electrons. The van der Waals surface area contributed by atoms with Crippen LogP contribution < -0.4 is 16.0 Å². The van der Waals surface area contributed by atoms with Crippen molar-refractivity contribution in [3.63, 3.8) is 0 Å². The van der Waals surface area contributed by atoms with Crippen LogP contribution in [0, 0.1) is 0 Å². The second-order valence-electron chi connectivity index (χ2n) is 5.60. The number of rotatable bonds is 10. The van der Waals surface area contributed by atoms with Crippen molar-refractivity contribution in [1.82, 2.24) is 16.0 Å². The molecule has 8 heteroatoms. The van der Waals surface area contributed by atoms with Crippen LogP contribution in [-0.2, 0) is 22.7 Å². The largest absolute Gasteiger partial charge is 0.467 e. The Morgan fingerprint density at radius 3 is 2.63 bits per heavy atom. The van der Waals surface area contributed by atoms with Gasteiger partial charge in [0.15, 0.2) is 5.96 Å². The molecule has 3 N–H and O–H groups in total. The number of ether oxygens (including phenoxy) is 1. The Balaban J connectivity index is 0.00000364. The van der Waals surface area contributed by atoms with Crippen molar-refractivity contribution in [3.05, 3.63) is 60.1 Å². The van der Waals surface area contributed by atoms with Crippen molar-refractivity contribution in [1.29, 1.82) is 0 Å². The smallest absolute Gasteiger partial charge is 0.239 e. The summed E-state index contributed by atoms with van der Waals surface area (Å²) >= 11 is 0. The second-order valence-corrected chi connectivity index (χ2v) is 5.60. The summed E-state index contributed by atoms with van der Waals surface area (Å²) < 4.78 is 10.7. The molecule has 1 aromatic carbocycles. The van der Waals surface area contributed by atoms with Crippen molar-refractivity contribution in [2.75, 3.05) is 26.7 Å². The first kappa shape index (κ1) is 23.0. The van der Waals surface area contributed by atoms with E-state index in [9.17, 15) is 4.79 Å². The number of benzene rings is 1. The average molecular weight is 486 g/mol. The molecule has 1 aromatic heterocycles. The van der Waals surface area contributed by atoms with Gasteiger partial charge in [-0.3, -0.25) is 9.79 Å². The highest BCUT2D eigenvalue weighted by Gasteiger charge is 2.03. The van der Waals surface area contributed by atoms with Crippen LogP contribution in [0.25, 0.3) is 0 Å². The van der Waals surface area contributed by atoms with E-state index in [0.29, 0.717) is 32.3 Å². The fourth-order valence-corrected chi connectivity index (χ4v) is 2.19. The van der Waals surface area contributed by atoms with Crippen LogP contribution in [0.2, 0.25) is 0 Å². The van der Waals surface area contributed by atoms with Crippen molar-refractivity contribution in [3.8, 4) is 0 Å². The maximum absolute atomic E-state index is 11.9. The molecule has 0 saturated carbocycles. The minimum Gasteiger partial charge on any atom is -0.467 e. The fraction of sp³-hybridized carbons (Fsp3) is 0.368. The highest BCUT2D eigenvalue weighted by molar-refractivity contribution is 14.0. The molecule has 2 rings (SSSR count). The van der Waals surface area contributed by atoms with E-state index in [1.807, 2.05) is 42.5 Å². The Labute approximate surface area is 177 Å². The number of furan rings is 1. The number of aliphatic imine (C=N–C) groups is 1. The van der Waals surface area contributed by atoms with Gasteiger partial charge in [0.2, 0.25) is 5.91 Å². The fourth-order valence-electron chi connectivity index (χ4n) is 2.19. The van der Waals surface area contributed by atoms with E-state index in [0.717, 1.165) is 17.7 Å². The monoisotopic (exact) mass is 486 g/mol. The van der Waals surface area contributed by atoms with Gasteiger partial charge in [-0.25, -0.2) is 0 Å². The van der Waals surface area contributed by atoms with Crippen molar-refractivity contribution in [2.24, 2.45) is 4.99 Å². The number of nitrogens with zero attached hydrogens (tertiary/aromatic N) is 1. The van der Waals surface area contributed by atoms with Gasteiger partial charge in [-0.2, -0.15) is 0 Å². The van der Waals surface area contributed by atoms with Gasteiger partial charge in [0, 0.05) is 26.7 Å². The zero-order valence-electron chi connectivity index (χ0n) is 15.4. The lowest BCUT2D eigenvalue weighted by Crippen LogP contribution is -2.43. The molecule has 7 nitrogen and oxygen atoms in total. The van der Waals surface area contributed by atoms with Crippen LogP contribution in [0.4, 0.5) is 0 Å². The van der Waals surface area contributed by atoms with E-state index in [1.165, 1.54) is 0 Å². The van der Waals surface area contributed by atoms with Crippen LogP contribution in [0.3, 0.4) is 0 Å². The number of carbonyl (C=O) groups is 1. The van der Waals surface area contributed by atoms with E-state index < -0.39 is 0 Å². The predicted molar refractivity (Wildman–Crippen MR) is 116 cm³/mol. The first-order valence-electron chi connectivity index (χ1n) is 8.63. The molecule has 0 aliphatic heterocycles. The third kappa shape index (κ3) is 10.00. The first-order chi connectivity index (χ1) is 12.8. The van der Waals surface area contributed by atoms with E-state index >= 15 is 0 Å². The topological polar surface area (TPSA) is 87.9 Å². The summed E-state index contributed by atoms with van der Waals surface area (Å²) in [6, 6.07) is 13.5. The van der Waals surface area contributed by atoms with Crippen molar-refractivity contribution >= 4 is 35.8 Å². The average Bonchev–Trinajstić information content (AvgIpc) is 3.19. The van der Waals surface area contributed by atoms with E-state index in [1.54, 1.807) is 13.3 Å². The third-order valence-corrected chi connectivity index (χ3v) is 3.55. The zero-order valence-corrected chi connectivity index (χ0v) is 17.8. The predicted octanol–water partition coefficient (Wildman–Crippen LogP) is 2.29. The first-order valence-corrected chi connectivity index (χ1v) is 8.63. The number of amides is 1. The number of guanidine groups is 1. The minimum absolute atomic E-state index is 0. The van der Waals surface area contributed by atoms with E-state index in [4.69, 9.17) is 9.15 Å². The summed E-state index contributed by atoms with van der Waals surface area (Å²) in [5.41, 5.74) is 1.07. The van der Waals surface area contributed by atoms with Crippen LogP contribution >= 0.6 is 24.0 Å². The van der Waals surface area contributed by atoms with Gasteiger partial charge >= 0.3 is 0 Å². The second kappa shape index (κ2) is 14.0. The molecule has 0 aliphatic carbocycles. The number of nitrogens with one attached hydrogen (secondary N) is 3. The molecule has 0 unspecified atom stereocenters. The molecule has 0 aliphatic rings. The van der Waals surface area contributed by atoms with Gasteiger partial charge in [-0.15, -0.1) is 24.0 Å². The molecule has 0 fully saturated rings. The molecule has 1 heterocycles. The summed E-state index contributed by atoms with van der Waals surface area (Å²) in [6.45, 7) is 2.47. The van der Waals surface area contributed by atoms with Gasteiger partial charge in [0.05, 0.1) is 12.8 Å². The maximum atomic E-state index is 11.9. The molecule has 148 valence electrons. The SMILES string of the molecule is CN=C(NCCCOCc1ccco1)NCC(=O)NCc1ccccc1.I. The molecule has 1 amide bonds. The van der Waals surface area contributed by atoms with Crippen LogP contribution in [-0.4, -0.2) is 38.6 Å². The number of carbonyl (C=O) groups excluding carboxylic acids is 1. The summed E-state index contributed by atoms with van der Waals surface area (Å²) in [7, 11) is 1.67. The lowest BCUT2D eigenvalue weighted by molar-refractivity contribution is -0.120. The van der Waals surface area contributed by atoms with E-state index in [2.05, 4.69) is 20.9 Å². The molecule has 0 bridgehead atoms. The van der Waals surface area contributed by atoms with Crippen molar-refractivity contribution < 1.29 is 13.9 Å². The molecular weight excluding hydrogens is 459 g/mol. The third-order valence-electron chi connectivity index (χ3n) is 3.55. The van der Waals surface area contributed by atoms with E-state index in [-0.39, 0.29) is 36.4 Å². The minimum atomic E-state index is -0.0846. The number of hydrogen-bond donors (Lipinski definition) is 3. The van der Waals surface area contributed by atoms with Crippen LogP contribution in [0.15, 0.2) is 58.1 Å². The van der Waals surface area contributed by atoms with Crippen molar-refractivity contribution in [2.45, 2.75) is 19.6 Å². The Kier molecular flexibility index (Phi) is 11.9. The highest BCUT2D eigenvalue weighted by atomic mass is 127. The van der Waals surface area contributed by atoms with Crippen LogP contribution in [0.5, 0.6) is 0 Å². The Hall–Kier alpha value is -2.07. The highest BCUT2D eigenvalue weighted by Crippen LogP contribution is 2.01. The van der Waals surface area contributed by atoms with Crippen LogP contribution in [0.1, 0.15) is 17.7 Å². The van der Waals surface area contributed by atoms with Gasteiger partial charge < -0.3 is 25.1 Å². The normalized spacial score (nSPS) is 10.8. The van der Waals surface area contributed by atoms with Gasteiger partial charge in [-0.05, 0) is 24.1 Å². The summed E-state index contributed by atoms with van der Waals surface area (Å²) in [4.78, 5) is 16.0. The lowest BCUT2D eigenvalue weighted by atomic mass is 10.2. The summed E-state index contributed by atoms with van der Waals surface area (Å²) in [6.07, 6.45) is 2.45. The molecular formula is C19H27IN4O3. The number of hydrogen-bond acceptors (Lipinski definition) is 4. The summed E-state index contributed by atoms with van der Waals surface area (Å²) in [5, 5.41) is 9.00. The molecule has 2 aromatic rings. The molecule has 0 atom stereocenters. The standard InChI is InChI=1S/C19H26N4O3.HI/c1-20-19(21-10-6-11-25-15-17-9-5-12-26-17)23-14-18(24)22-13-16-7-3-2-4-8-16;/h2-5,7-9,12H,6,10-11,13-15H2,1H3,(H,22,24)(H2,20,21,23);1H. The lowest BCUT2D eigenvalue weighted by Gasteiger charge is -2.12. The summed E-state index contributed by atoms with van der Waals surface area (Å²) in [5.74, 6) is 1.32. The number of halogens is 1. The van der Waals surface area contributed by atoms with Gasteiger partial charge in [-0.1, -0.05) is 30.3 Å². The van der Waals surface area contributed by atoms with Gasteiger partial charge in [0.1, 0.15) is 12.4 Å². The molecule has 0 saturated heterocycles. The zero-order chi connectivity index (χ0) is 18.5. The Morgan fingerprint density at radius 1 is 1.11 bits per heavy atom. The quantitative estimate of drug-likeness (QED) is 0.208. The maximum Gasteiger partial charge on any atom is 0.239 e. The molecule has 0 spiro atoms. The van der Waals surface area contributed by atoms with Gasteiger partial charge in [0.25, 0.3) is 0 Å². The Bertz CT molecular complexity index is 663. The molecule has 27 heavy (non-hydrogen) atoms.